The lowest BCUT2D eigenvalue weighted by Gasteiger charge is -2.37. The summed E-state index contributed by atoms with van der Waals surface area (Å²) in [4.78, 5) is 0. The highest BCUT2D eigenvalue weighted by atomic mass is 32.2. The minimum atomic E-state index is -0.259. The van der Waals surface area contributed by atoms with Gasteiger partial charge in [-0.05, 0) is 35.9 Å². The second-order valence-electron chi connectivity index (χ2n) is 5.06. The number of hydrogen-bond acceptors (Lipinski definition) is 4. The molecule has 1 unspecified atom stereocenters. The van der Waals surface area contributed by atoms with Crippen molar-refractivity contribution in [2.75, 3.05) is 13.4 Å². The number of rotatable bonds is 2. The maximum absolute atomic E-state index is 9.32. The highest BCUT2D eigenvalue weighted by Gasteiger charge is 2.39. The van der Waals surface area contributed by atoms with Gasteiger partial charge in [0.15, 0.2) is 0 Å². The standard InChI is InChI=1S/C14H19NO2S/c1-14(2)11-8-10(17-3)6-5-9(11)7-12(18-4)13(14)15-16/h5-6,8,12,16H,7H2,1-4H3. The lowest BCUT2D eigenvalue weighted by atomic mass is 9.71. The van der Waals surface area contributed by atoms with Crippen LogP contribution in [0.3, 0.4) is 0 Å². The van der Waals surface area contributed by atoms with E-state index in [-0.39, 0.29) is 10.7 Å². The van der Waals surface area contributed by atoms with Gasteiger partial charge in [-0.15, -0.1) is 0 Å². The van der Waals surface area contributed by atoms with Crippen LogP contribution in [0.2, 0.25) is 0 Å². The Morgan fingerprint density at radius 2 is 2.17 bits per heavy atom. The molecule has 1 N–H and O–H groups in total. The molecule has 0 aromatic heterocycles. The van der Waals surface area contributed by atoms with E-state index >= 15 is 0 Å². The topological polar surface area (TPSA) is 41.8 Å². The van der Waals surface area contributed by atoms with Crippen molar-refractivity contribution in [2.45, 2.75) is 30.9 Å². The van der Waals surface area contributed by atoms with Gasteiger partial charge in [-0.2, -0.15) is 11.8 Å². The van der Waals surface area contributed by atoms with Crippen molar-refractivity contribution in [3.63, 3.8) is 0 Å². The lowest BCUT2D eigenvalue weighted by Crippen LogP contribution is -2.42. The van der Waals surface area contributed by atoms with Crippen molar-refractivity contribution in [1.82, 2.24) is 0 Å². The minimum absolute atomic E-state index is 0.242. The predicted octanol–water partition coefficient (Wildman–Crippen LogP) is 3.09. The van der Waals surface area contributed by atoms with Crippen LogP contribution in [0.4, 0.5) is 0 Å². The Balaban J connectivity index is 2.57. The number of thioether (sulfide) groups is 1. The zero-order valence-corrected chi connectivity index (χ0v) is 12.0. The van der Waals surface area contributed by atoms with Crippen LogP contribution in [0.5, 0.6) is 5.75 Å². The first-order chi connectivity index (χ1) is 8.54. The van der Waals surface area contributed by atoms with Crippen LogP contribution in [0.15, 0.2) is 23.4 Å². The summed E-state index contributed by atoms with van der Waals surface area (Å²) in [7, 11) is 1.67. The molecule has 18 heavy (non-hydrogen) atoms. The van der Waals surface area contributed by atoms with Gasteiger partial charge in [0.2, 0.25) is 0 Å². The summed E-state index contributed by atoms with van der Waals surface area (Å²) in [6.45, 7) is 4.20. The van der Waals surface area contributed by atoms with E-state index in [2.05, 4.69) is 37.4 Å². The molecular weight excluding hydrogens is 246 g/mol. The fraction of sp³-hybridized carbons (Fsp3) is 0.500. The third-order valence-electron chi connectivity index (χ3n) is 3.73. The van der Waals surface area contributed by atoms with Crippen LogP contribution < -0.4 is 4.74 Å². The largest absolute Gasteiger partial charge is 0.497 e. The molecule has 1 aliphatic rings. The smallest absolute Gasteiger partial charge is 0.119 e. The zero-order valence-electron chi connectivity index (χ0n) is 11.2. The third-order valence-corrected chi connectivity index (χ3v) is 4.69. The monoisotopic (exact) mass is 265 g/mol. The number of benzene rings is 1. The molecule has 4 heteroatoms. The van der Waals surface area contributed by atoms with E-state index in [9.17, 15) is 5.21 Å². The number of nitrogens with zero attached hydrogens (tertiary/aromatic N) is 1. The maximum atomic E-state index is 9.32. The third kappa shape index (κ3) is 1.99. The molecule has 0 bridgehead atoms. The van der Waals surface area contributed by atoms with Gasteiger partial charge in [-0.3, -0.25) is 0 Å². The zero-order chi connectivity index (χ0) is 13.3. The minimum Gasteiger partial charge on any atom is -0.497 e. The van der Waals surface area contributed by atoms with Gasteiger partial charge in [0.05, 0.1) is 18.1 Å². The van der Waals surface area contributed by atoms with E-state index < -0.39 is 0 Å². The molecule has 0 radical (unpaired) electrons. The van der Waals surface area contributed by atoms with Crippen molar-refractivity contribution in [1.29, 1.82) is 0 Å². The van der Waals surface area contributed by atoms with E-state index in [1.165, 1.54) is 11.1 Å². The molecule has 1 aromatic carbocycles. The van der Waals surface area contributed by atoms with E-state index in [1.807, 2.05) is 6.07 Å². The van der Waals surface area contributed by atoms with E-state index in [1.54, 1.807) is 18.9 Å². The normalized spacial score (nSPS) is 23.8. The molecule has 98 valence electrons. The molecule has 1 atom stereocenters. The maximum Gasteiger partial charge on any atom is 0.119 e. The summed E-state index contributed by atoms with van der Waals surface area (Å²) < 4.78 is 5.29. The Morgan fingerprint density at radius 3 is 2.72 bits per heavy atom. The molecule has 0 saturated heterocycles. The van der Waals surface area contributed by atoms with E-state index in [0.717, 1.165) is 17.9 Å². The van der Waals surface area contributed by atoms with Crippen molar-refractivity contribution < 1.29 is 9.94 Å². The van der Waals surface area contributed by atoms with Crippen LogP contribution in [-0.2, 0) is 11.8 Å². The molecule has 1 aromatic rings. The average molecular weight is 265 g/mol. The number of methoxy groups -OCH3 is 1. The average Bonchev–Trinajstić information content (AvgIpc) is 2.37. The van der Waals surface area contributed by atoms with E-state index in [4.69, 9.17) is 4.74 Å². The summed E-state index contributed by atoms with van der Waals surface area (Å²) in [6.07, 6.45) is 2.96. The van der Waals surface area contributed by atoms with Crippen molar-refractivity contribution in [2.24, 2.45) is 5.16 Å². The summed E-state index contributed by atoms with van der Waals surface area (Å²) in [5.74, 6) is 0.849. The summed E-state index contributed by atoms with van der Waals surface area (Å²) in [5, 5.41) is 13.1. The Labute approximate surface area is 112 Å². The van der Waals surface area contributed by atoms with Gasteiger partial charge in [-0.25, -0.2) is 0 Å². The fourth-order valence-corrected chi connectivity index (χ4v) is 3.57. The summed E-state index contributed by atoms with van der Waals surface area (Å²) in [6, 6.07) is 6.16. The first-order valence-electron chi connectivity index (χ1n) is 5.97. The predicted molar refractivity (Wildman–Crippen MR) is 76.2 cm³/mol. The fourth-order valence-electron chi connectivity index (χ4n) is 2.66. The Kier molecular flexibility index (Phi) is 3.57. The summed E-state index contributed by atoms with van der Waals surface area (Å²) >= 11 is 1.73. The molecule has 0 fully saturated rings. The second kappa shape index (κ2) is 4.84. The Bertz CT molecular complexity index is 483. The molecule has 0 spiro atoms. The van der Waals surface area contributed by atoms with Crippen molar-refractivity contribution in [3.05, 3.63) is 29.3 Å². The Morgan fingerprint density at radius 1 is 1.44 bits per heavy atom. The first kappa shape index (κ1) is 13.3. The number of hydrogen-bond donors (Lipinski definition) is 1. The highest BCUT2D eigenvalue weighted by molar-refractivity contribution is 8.00. The van der Waals surface area contributed by atoms with Crippen molar-refractivity contribution in [3.8, 4) is 5.75 Å². The van der Waals surface area contributed by atoms with Gasteiger partial charge in [0, 0.05) is 5.41 Å². The Hall–Kier alpha value is -1.16. The molecular formula is C14H19NO2S. The molecule has 3 nitrogen and oxygen atoms in total. The van der Waals surface area contributed by atoms with Gasteiger partial charge < -0.3 is 9.94 Å². The first-order valence-corrected chi connectivity index (χ1v) is 7.26. The lowest BCUT2D eigenvalue weighted by molar-refractivity contribution is 0.311. The number of ether oxygens (including phenoxy) is 1. The van der Waals surface area contributed by atoms with Crippen molar-refractivity contribution >= 4 is 17.5 Å². The SMILES string of the molecule is COc1ccc2c(c1)C(C)(C)C(=NO)C(SC)C2. The van der Waals surface area contributed by atoms with E-state index in [0.29, 0.717) is 0 Å². The molecule has 0 saturated carbocycles. The molecule has 0 aliphatic heterocycles. The molecule has 1 aliphatic carbocycles. The second-order valence-corrected chi connectivity index (χ2v) is 6.10. The van der Waals surface area contributed by atoms with Gasteiger partial charge in [0.25, 0.3) is 0 Å². The summed E-state index contributed by atoms with van der Waals surface area (Å²) in [5.41, 5.74) is 3.09. The van der Waals surface area contributed by atoms with Crippen LogP contribution in [0.1, 0.15) is 25.0 Å². The van der Waals surface area contributed by atoms with Crippen LogP contribution >= 0.6 is 11.8 Å². The number of fused-ring (bicyclic) bond motifs is 1. The quantitative estimate of drug-likeness (QED) is 0.660. The highest BCUT2D eigenvalue weighted by Crippen LogP contribution is 2.40. The van der Waals surface area contributed by atoms with Crippen LogP contribution in [-0.4, -0.2) is 29.5 Å². The molecule has 0 amide bonds. The van der Waals surface area contributed by atoms with Gasteiger partial charge in [-0.1, -0.05) is 25.1 Å². The molecule has 2 rings (SSSR count). The number of oxime groups is 1. The molecule has 0 heterocycles. The van der Waals surface area contributed by atoms with Gasteiger partial charge in [0.1, 0.15) is 5.75 Å². The van der Waals surface area contributed by atoms with Crippen LogP contribution in [0.25, 0.3) is 0 Å². The van der Waals surface area contributed by atoms with Crippen LogP contribution in [0, 0.1) is 0 Å². The van der Waals surface area contributed by atoms with Gasteiger partial charge >= 0.3 is 0 Å².